The Morgan fingerprint density at radius 1 is 1.40 bits per heavy atom. The molecule has 0 aliphatic heterocycles. The maximum atomic E-state index is 11.1. The standard InChI is InChI=1S/C11H11ClO3/c1-7-3-2-4-8(5-9(13)6-12)10(7)11(14)15/h2-4H,5-6H2,1H3,(H,14,15). The highest BCUT2D eigenvalue weighted by atomic mass is 35.5. The smallest absolute Gasteiger partial charge is 0.336 e. The molecule has 3 nitrogen and oxygen atoms in total. The summed E-state index contributed by atoms with van der Waals surface area (Å²) in [4.78, 5) is 22.1. The van der Waals surface area contributed by atoms with Crippen molar-refractivity contribution in [3.63, 3.8) is 0 Å². The molecule has 0 atom stereocenters. The van der Waals surface area contributed by atoms with Gasteiger partial charge in [0.1, 0.15) is 0 Å². The lowest BCUT2D eigenvalue weighted by molar-refractivity contribution is -0.116. The molecule has 1 N–H and O–H groups in total. The highest BCUT2D eigenvalue weighted by Crippen LogP contribution is 2.15. The molecule has 0 aromatic heterocycles. The second kappa shape index (κ2) is 4.94. The number of alkyl halides is 1. The molecule has 0 fully saturated rings. The van der Waals surface area contributed by atoms with E-state index in [9.17, 15) is 9.59 Å². The quantitative estimate of drug-likeness (QED) is 0.800. The minimum Gasteiger partial charge on any atom is -0.478 e. The van der Waals surface area contributed by atoms with E-state index in [0.717, 1.165) is 0 Å². The Kier molecular flexibility index (Phi) is 3.86. The molecule has 0 bridgehead atoms. The van der Waals surface area contributed by atoms with E-state index in [0.29, 0.717) is 11.1 Å². The predicted molar refractivity (Wildman–Crippen MR) is 57.6 cm³/mol. The molecular weight excluding hydrogens is 216 g/mol. The van der Waals surface area contributed by atoms with Crippen LogP contribution in [0.5, 0.6) is 0 Å². The van der Waals surface area contributed by atoms with Gasteiger partial charge in [-0.1, -0.05) is 18.2 Å². The fourth-order valence-corrected chi connectivity index (χ4v) is 1.54. The van der Waals surface area contributed by atoms with Crippen LogP contribution in [0.3, 0.4) is 0 Å². The molecule has 1 rings (SSSR count). The van der Waals surface area contributed by atoms with Gasteiger partial charge in [0.2, 0.25) is 0 Å². The summed E-state index contributed by atoms with van der Waals surface area (Å²) in [5.41, 5.74) is 1.38. The second-order valence-corrected chi connectivity index (χ2v) is 3.53. The van der Waals surface area contributed by atoms with E-state index >= 15 is 0 Å². The monoisotopic (exact) mass is 226 g/mol. The summed E-state index contributed by atoms with van der Waals surface area (Å²) in [7, 11) is 0. The van der Waals surface area contributed by atoms with Crippen LogP contribution < -0.4 is 0 Å². The van der Waals surface area contributed by atoms with E-state index in [1.807, 2.05) is 0 Å². The first-order chi connectivity index (χ1) is 7.06. The molecule has 1 aromatic carbocycles. The average molecular weight is 227 g/mol. The van der Waals surface area contributed by atoms with E-state index in [1.165, 1.54) is 0 Å². The molecule has 0 radical (unpaired) electrons. The molecule has 4 heteroatoms. The lowest BCUT2D eigenvalue weighted by Gasteiger charge is -2.07. The van der Waals surface area contributed by atoms with Gasteiger partial charge in [-0.2, -0.15) is 0 Å². The van der Waals surface area contributed by atoms with Crippen molar-refractivity contribution in [2.75, 3.05) is 5.88 Å². The van der Waals surface area contributed by atoms with Gasteiger partial charge in [0.25, 0.3) is 0 Å². The first-order valence-corrected chi connectivity index (χ1v) is 4.99. The van der Waals surface area contributed by atoms with Gasteiger partial charge >= 0.3 is 5.97 Å². The number of carboxylic acids is 1. The summed E-state index contributed by atoms with van der Waals surface area (Å²) in [5, 5.41) is 8.99. The number of carbonyl (C=O) groups excluding carboxylic acids is 1. The van der Waals surface area contributed by atoms with Crippen LogP contribution in [0, 0.1) is 6.92 Å². The molecule has 1 aromatic rings. The molecular formula is C11H11ClO3. The Labute approximate surface area is 92.7 Å². The summed E-state index contributed by atoms with van der Waals surface area (Å²) < 4.78 is 0. The number of carboxylic acid groups (broad SMARTS) is 1. The Morgan fingerprint density at radius 2 is 2.07 bits per heavy atom. The number of Topliss-reactive ketones (excluding diaryl/α,β-unsaturated/α-hetero) is 1. The summed E-state index contributed by atoms with van der Waals surface area (Å²) in [6.45, 7) is 1.71. The van der Waals surface area contributed by atoms with Crippen molar-refractivity contribution in [2.24, 2.45) is 0 Å². The number of halogens is 1. The minimum atomic E-state index is -1.01. The van der Waals surface area contributed by atoms with E-state index in [4.69, 9.17) is 16.7 Å². The number of aromatic carboxylic acids is 1. The maximum absolute atomic E-state index is 11.1. The molecule has 0 amide bonds. The van der Waals surface area contributed by atoms with Crippen molar-refractivity contribution in [3.8, 4) is 0 Å². The molecule has 0 unspecified atom stereocenters. The van der Waals surface area contributed by atoms with Crippen LogP contribution in [0.4, 0.5) is 0 Å². The number of benzene rings is 1. The third kappa shape index (κ3) is 2.80. The van der Waals surface area contributed by atoms with Crippen molar-refractivity contribution in [1.29, 1.82) is 0 Å². The van der Waals surface area contributed by atoms with E-state index in [-0.39, 0.29) is 23.6 Å². The Hall–Kier alpha value is -1.35. The number of ketones is 1. The first-order valence-electron chi connectivity index (χ1n) is 4.45. The van der Waals surface area contributed by atoms with E-state index in [1.54, 1.807) is 25.1 Å². The van der Waals surface area contributed by atoms with Gasteiger partial charge in [-0.3, -0.25) is 4.79 Å². The van der Waals surface area contributed by atoms with Crippen molar-refractivity contribution < 1.29 is 14.7 Å². The highest BCUT2D eigenvalue weighted by Gasteiger charge is 2.14. The topological polar surface area (TPSA) is 54.4 Å². The number of rotatable bonds is 4. The first kappa shape index (κ1) is 11.7. The number of hydrogen-bond donors (Lipinski definition) is 1. The molecule has 0 aliphatic rings. The number of aryl methyl sites for hydroxylation is 1. The van der Waals surface area contributed by atoms with Gasteiger partial charge < -0.3 is 5.11 Å². The maximum Gasteiger partial charge on any atom is 0.336 e. The SMILES string of the molecule is Cc1cccc(CC(=O)CCl)c1C(=O)O. The third-order valence-corrected chi connectivity index (χ3v) is 2.41. The lowest BCUT2D eigenvalue weighted by atomic mass is 9.98. The normalized spacial score (nSPS) is 10.0. The van der Waals surface area contributed by atoms with Crippen LogP contribution in [0.2, 0.25) is 0 Å². The summed E-state index contributed by atoms with van der Waals surface area (Å²) in [6, 6.07) is 5.08. The number of carbonyl (C=O) groups is 2. The Bertz CT molecular complexity index is 399. The zero-order chi connectivity index (χ0) is 11.4. The molecule has 0 spiro atoms. The molecule has 0 aliphatic carbocycles. The Balaban J connectivity index is 3.11. The zero-order valence-corrected chi connectivity index (χ0v) is 9.04. The van der Waals surface area contributed by atoms with Crippen molar-refractivity contribution in [2.45, 2.75) is 13.3 Å². The van der Waals surface area contributed by atoms with Crippen LogP contribution in [0.1, 0.15) is 21.5 Å². The largest absolute Gasteiger partial charge is 0.478 e. The van der Waals surface area contributed by atoms with Crippen molar-refractivity contribution in [1.82, 2.24) is 0 Å². The fraction of sp³-hybridized carbons (Fsp3) is 0.273. The fourth-order valence-electron chi connectivity index (χ4n) is 1.44. The van der Waals surface area contributed by atoms with Gasteiger partial charge in [-0.05, 0) is 18.1 Å². The van der Waals surface area contributed by atoms with E-state index < -0.39 is 5.97 Å². The predicted octanol–water partition coefficient (Wildman–Crippen LogP) is 2.04. The summed E-state index contributed by atoms with van der Waals surface area (Å²) in [5.74, 6) is -1.28. The highest BCUT2D eigenvalue weighted by molar-refractivity contribution is 6.27. The van der Waals surface area contributed by atoms with Gasteiger partial charge in [0, 0.05) is 6.42 Å². The van der Waals surface area contributed by atoms with Gasteiger partial charge in [0.05, 0.1) is 11.4 Å². The minimum absolute atomic E-state index is 0.0762. The van der Waals surface area contributed by atoms with Gasteiger partial charge in [-0.15, -0.1) is 11.6 Å². The van der Waals surface area contributed by atoms with Crippen molar-refractivity contribution in [3.05, 3.63) is 34.9 Å². The van der Waals surface area contributed by atoms with Crippen LogP contribution >= 0.6 is 11.6 Å². The van der Waals surface area contributed by atoms with Crippen LogP contribution in [0.15, 0.2) is 18.2 Å². The van der Waals surface area contributed by atoms with Gasteiger partial charge in [-0.25, -0.2) is 4.79 Å². The van der Waals surface area contributed by atoms with Crippen molar-refractivity contribution >= 4 is 23.4 Å². The molecule has 0 saturated heterocycles. The zero-order valence-electron chi connectivity index (χ0n) is 8.29. The van der Waals surface area contributed by atoms with E-state index in [2.05, 4.69) is 0 Å². The third-order valence-electron chi connectivity index (χ3n) is 2.11. The molecule has 15 heavy (non-hydrogen) atoms. The Morgan fingerprint density at radius 3 is 2.60 bits per heavy atom. The van der Waals surface area contributed by atoms with Crippen LogP contribution in [-0.4, -0.2) is 22.7 Å². The molecule has 0 saturated carbocycles. The summed E-state index contributed by atoms with van der Waals surface area (Å²) >= 11 is 5.38. The molecule has 0 heterocycles. The van der Waals surface area contributed by atoms with Gasteiger partial charge in [0.15, 0.2) is 5.78 Å². The number of hydrogen-bond acceptors (Lipinski definition) is 2. The average Bonchev–Trinajstić information content (AvgIpc) is 2.17. The molecule has 80 valence electrons. The lowest BCUT2D eigenvalue weighted by Crippen LogP contribution is -2.10. The second-order valence-electron chi connectivity index (χ2n) is 3.26. The summed E-state index contributed by atoms with van der Waals surface area (Å²) in [6.07, 6.45) is 0.0762. The van der Waals surface area contributed by atoms with Crippen LogP contribution in [-0.2, 0) is 11.2 Å². The van der Waals surface area contributed by atoms with Crippen LogP contribution in [0.25, 0.3) is 0 Å².